The van der Waals surface area contributed by atoms with Crippen LogP contribution < -0.4 is 5.32 Å². The Morgan fingerprint density at radius 1 is 1.18 bits per heavy atom. The molecule has 2 fully saturated rings. The van der Waals surface area contributed by atoms with Gasteiger partial charge in [-0.3, -0.25) is 0 Å². The summed E-state index contributed by atoms with van der Waals surface area (Å²) < 4.78 is 5.24. The summed E-state index contributed by atoms with van der Waals surface area (Å²) in [6.45, 7) is 4.54. The van der Waals surface area contributed by atoms with Crippen molar-refractivity contribution in [2.45, 2.75) is 44.6 Å². The van der Waals surface area contributed by atoms with Gasteiger partial charge in [-0.15, -0.1) is 0 Å². The third-order valence-corrected chi connectivity index (χ3v) is 4.84. The van der Waals surface area contributed by atoms with E-state index in [-0.39, 0.29) is 0 Å². The second-order valence-electron chi connectivity index (χ2n) is 5.95. The van der Waals surface area contributed by atoms with Crippen LogP contribution in [0.3, 0.4) is 0 Å². The van der Waals surface area contributed by atoms with E-state index in [2.05, 4.69) is 10.2 Å². The Bertz CT molecular complexity index is 216. The average Bonchev–Trinajstić information content (AvgIpc) is 2.80. The molecule has 0 amide bonds. The Kier molecular flexibility index (Phi) is 4.83. The predicted molar refractivity (Wildman–Crippen MR) is 71.3 cm³/mol. The largest absolute Gasteiger partial charge is 0.383 e. The normalized spacial score (nSPS) is 26.5. The molecule has 1 saturated heterocycles. The SMILES string of the molecule is CNC(COC)CN1CCC2(CCCC2)CC1. The van der Waals surface area contributed by atoms with E-state index in [1.165, 1.54) is 51.6 Å². The van der Waals surface area contributed by atoms with E-state index in [9.17, 15) is 0 Å². The minimum atomic E-state index is 0.484. The summed E-state index contributed by atoms with van der Waals surface area (Å²) in [6.07, 6.45) is 8.79. The van der Waals surface area contributed by atoms with Gasteiger partial charge in [0.2, 0.25) is 0 Å². The molecule has 3 nitrogen and oxygen atoms in total. The fraction of sp³-hybridized carbons (Fsp3) is 1.00. The summed E-state index contributed by atoms with van der Waals surface area (Å²) in [4.78, 5) is 2.61. The first kappa shape index (κ1) is 13.3. The van der Waals surface area contributed by atoms with Gasteiger partial charge in [-0.1, -0.05) is 12.8 Å². The summed E-state index contributed by atoms with van der Waals surface area (Å²) in [7, 11) is 3.82. The van der Waals surface area contributed by atoms with Gasteiger partial charge in [0.05, 0.1) is 6.61 Å². The van der Waals surface area contributed by atoms with Crippen LogP contribution in [0.25, 0.3) is 0 Å². The first-order valence-corrected chi connectivity index (χ1v) is 7.16. The number of likely N-dealkylation sites (N-methyl/N-ethyl adjacent to an activating group) is 1. The molecule has 1 aliphatic heterocycles. The Morgan fingerprint density at radius 2 is 1.82 bits per heavy atom. The van der Waals surface area contributed by atoms with Gasteiger partial charge < -0.3 is 15.0 Å². The van der Waals surface area contributed by atoms with Crippen molar-refractivity contribution in [3.63, 3.8) is 0 Å². The van der Waals surface area contributed by atoms with Crippen molar-refractivity contribution in [2.24, 2.45) is 5.41 Å². The Balaban J connectivity index is 1.74. The lowest BCUT2D eigenvalue weighted by molar-refractivity contribution is 0.0844. The van der Waals surface area contributed by atoms with Crippen molar-refractivity contribution >= 4 is 0 Å². The van der Waals surface area contributed by atoms with E-state index >= 15 is 0 Å². The van der Waals surface area contributed by atoms with Crippen molar-refractivity contribution in [1.29, 1.82) is 0 Å². The van der Waals surface area contributed by atoms with E-state index in [4.69, 9.17) is 4.74 Å². The minimum Gasteiger partial charge on any atom is -0.383 e. The van der Waals surface area contributed by atoms with Gasteiger partial charge in [-0.05, 0) is 51.2 Å². The second-order valence-corrected chi connectivity index (χ2v) is 5.95. The van der Waals surface area contributed by atoms with Gasteiger partial charge in [0.1, 0.15) is 0 Å². The van der Waals surface area contributed by atoms with Crippen LogP contribution in [0, 0.1) is 5.41 Å². The molecule has 100 valence electrons. The lowest BCUT2D eigenvalue weighted by atomic mass is 9.77. The minimum absolute atomic E-state index is 0.484. The van der Waals surface area contributed by atoms with Crippen LogP contribution in [0.4, 0.5) is 0 Å². The van der Waals surface area contributed by atoms with E-state index in [1.807, 2.05) is 7.05 Å². The Hall–Kier alpha value is -0.120. The van der Waals surface area contributed by atoms with E-state index in [1.54, 1.807) is 7.11 Å². The monoisotopic (exact) mass is 240 g/mol. The van der Waals surface area contributed by atoms with Crippen molar-refractivity contribution in [2.75, 3.05) is 40.4 Å². The number of ether oxygens (including phenoxy) is 1. The number of hydrogen-bond donors (Lipinski definition) is 1. The Labute approximate surface area is 106 Å². The lowest BCUT2D eigenvalue weighted by Gasteiger charge is -2.40. The highest BCUT2D eigenvalue weighted by atomic mass is 16.5. The van der Waals surface area contributed by atoms with Crippen LogP contribution in [-0.2, 0) is 4.74 Å². The molecule has 2 rings (SSSR count). The van der Waals surface area contributed by atoms with Crippen molar-refractivity contribution in [1.82, 2.24) is 10.2 Å². The van der Waals surface area contributed by atoms with Crippen LogP contribution in [0.15, 0.2) is 0 Å². The molecule has 1 aliphatic carbocycles. The number of nitrogens with zero attached hydrogens (tertiary/aromatic N) is 1. The molecule has 1 N–H and O–H groups in total. The fourth-order valence-corrected chi connectivity index (χ4v) is 3.58. The summed E-state index contributed by atoms with van der Waals surface area (Å²) in [5, 5.41) is 3.34. The zero-order chi connectivity index (χ0) is 12.1. The van der Waals surface area contributed by atoms with Crippen molar-refractivity contribution in [3.05, 3.63) is 0 Å². The highest BCUT2D eigenvalue weighted by Gasteiger charge is 2.36. The molecular formula is C14H28N2O. The third-order valence-electron chi connectivity index (χ3n) is 4.84. The fourth-order valence-electron chi connectivity index (χ4n) is 3.58. The van der Waals surface area contributed by atoms with Crippen LogP contribution in [0.1, 0.15) is 38.5 Å². The summed E-state index contributed by atoms with van der Waals surface area (Å²) in [6, 6.07) is 0.484. The molecule has 0 aromatic rings. The molecule has 3 heteroatoms. The van der Waals surface area contributed by atoms with Gasteiger partial charge in [0.15, 0.2) is 0 Å². The lowest BCUT2D eigenvalue weighted by Crippen LogP contribution is -2.47. The first-order valence-electron chi connectivity index (χ1n) is 7.16. The topological polar surface area (TPSA) is 24.5 Å². The molecular weight excluding hydrogens is 212 g/mol. The van der Waals surface area contributed by atoms with Gasteiger partial charge in [-0.2, -0.15) is 0 Å². The maximum atomic E-state index is 5.24. The summed E-state index contributed by atoms with van der Waals surface area (Å²) >= 11 is 0. The van der Waals surface area contributed by atoms with Crippen molar-refractivity contribution < 1.29 is 4.74 Å². The van der Waals surface area contributed by atoms with Crippen LogP contribution in [-0.4, -0.2) is 51.3 Å². The second kappa shape index (κ2) is 6.17. The van der Waals surface area contributed by atoms with E-state index in [0.29, 0.717) is 6.04 Å². The van der Waals surface area contributed by atoms with Gasteiger partial charge >= 0.3 is 0 Å². The molecule has 1 saturated carbocycles. The number of likely N-dealkylation sites (tertiary alicyclic amines) is 1. The number of methoxy groups -OCH3 is 1. The molecule has 0 aromatic carbocycles. The third kappa shape index (κ3) is 3.43. The standard InChI is InChI=1S/C14H28N2O/c1-15-13(12-17-2)11-16-9-7-14(8-10-16)5-3-4-6-14/h13,15H,3-12H2,1-2H3. The molecule has 2 aliphatic rings. The molecule has 0 aromatic heterocycles. The first-order chi connectivity index (χ1) is 8.28. The highest BCUT2D eigenvalue weighted by Crippen LogP contribution is 2.45. The van der Waals surface area contributed by atoms with E-state index < -0.39 is 0 Å². The van der Waals surface area contributed by atoms with Gasteiger partial charge in [0.25, 0.3) is 0 Å². The molecule has 1 atom stereocenters. The maximum Gasteiger partial charge on any atom is 0.0628 e. The molecule has 0 bridgehead atoms. The number of rotatable bonds is 5. The zero-order valence-electron chi connectivity index (χ0n) is 11.5. The average molecular weight is 240 g/mol. The molecule has 17 heavy (non-hydrogen) atoms. The maximum absolute atomic E-state index is 5.24. The van der Waals surface area contributed by atoms with Crippen LogP contribution in [0.5, 0.6) is 0 Å². The zero-order valence-corrected chi connectivity index (χ0v) is 11.5. The van der Waals surface area contributed by atoms with E-state index in [0.717, 1.165) is 18.6 Å². The Morgan fingerprint density at radius 3 is 2.35 bits per heavy atom. The quantitative estimate of drug-likeness (QED) is 0.794. The molecule has 1 unspecified atom stereocenters. The highest BCUT2D eigenvalue weighted by molar-refractivity contribution is 4.90. The van der Waals surface area contributed by atoms with Crippen LogP contribution in [0.2, 0.25) is 0 Å². The van der Waals surface area contributed by atoms with Gasteiger partial charge in [-0.25, -0.2) is 0 Å². The van der Waals surface area contributed by atoms with Crippen LogP contribution >= 0.6 is 0 Å². The number of piperidine rings is 1. The summed E-state index contributed by atoms with van der Waals surface area (Å²) in [5.74, 6) is 0. The molecule has 0 radical (unpaired) electrons. The smallest absolute Gasteiger partial charge is 0.0628 e. The summed E-state index contributed by atoms with van der Waals surface area (Å²) in [5.41, 5.74) is 0.743. The predicted octanol–water partition coefficient (Wildman–Crippen LogP) is 1.88. The number of nitrogens with one attached hydrogen (secondary N) is 1. The van der Waals surface area contributed by atoms with Gasteiger partial charge in [0, 0.05) is 19.7 Å². The number of hydrogen-bond acceptors (Lipinski definition) is 3. The molecule has 1 heterocycles. The molecule has 1 spiro atoms. The van der Waals surface area contributed by atoms with Crippen molar-refractivity contribution in [3.8, 4) is 0 Å².